The normalized spacial score (nSPS) is 12.3. The number of aromatic nitrogens is 1. The molecule has 174 valence electrons. The van der Waals surface area contributed by atoms with Gasteiger partial charge in [0.05, 0.1) is 11.8 Å². The van der Waals surface area contributed by atoms with Crippen LogP contribution in [0.5, 0.6) is 5.75 Å². The number of hydrogen-bond donors (Lipinski definition) is 1. The summed E-state index contributed by atoms with van der Waals surface area (Å²) in [4.78, 5) is 4.56. The number of aromatic hydroxyl groups is 1. The van der Waals surface area contributed by atoms with E-state index in [-0.39, 0.29) is 5.75 Å². The molecular weight excluding hydrogens is 413 g/mol. The van der Waals surface area contributed by atoms with E-state index in [9.17, 15) is 9.50 Å². The van der Waals surface area contributed by atoms with Crippen molar-refractivity contribution in [2.45, 2.75) is 58.5 Å². The van der Waals surface area contributed by atoms with Crippen LogP contribution in [0.15, 0.2) is 66.9 Å². The van der Waals surface area contributed by atoms with Gasteiger partial charge < -0.3 is 9.84 Å². The van der Waals surface area contributed by atoms with Crippen molar-refractivity contribution < 1.29 is 14.2 Å². The van der Waals surface area contributed by atoms with E-state index in [2.05, 4.69) is 37.0 Å². The van der Waals surface area contributed by atoms with Gasteiger partial charge in [0.1, 0.15) is 0 Å². The number of benzene rings is 2. The maximum absolute atomic E-state index is 13.6. The minimum atomic E-state index is -0.616. The topological polar surface area (TPSA) is 42.4 Å². The van der Waals surface area contributed by atoms with E-state index in [0.29, 0.717) is 6.10 Å². The fourth-order valence-corrected chi connectivity index (χ4v) is 3.66. The fourth-order valence-electron chi connectivity index (χ4n) is 3.66. The van der Waals surface area contributed by atoms with E-state index >= 15 is 0 Å². The van der Waals surface area contributed by atoms with E-state index in [1.165, 1.54) is 25.0 Å². The smallest absolute Gasteiger partial charge is 0.165 e. The lowest BCUT2D eigenvalue weighted by atomic mass is 10.0. The third-order valence-corrected chi connectivity index (χ3v) is 5.71. The molecule has 0 aliphatic carbocycles. The van der Waals surface area contributed by atoms with Crippen LogP contribution >= 0.6 is 0 Å². The van der Waals surface area contributed by atoms with E-state index in [0.717, 1.165) is 60.2 Å². The summed E-state index contributed by atoms with van der Waals surface area (Å²) in [5.74, 6) is -0.952. The van der Waals surface area contributed by atoms with Crippen molar-refractivity contribution in [2.75, 3.05) is 6.61 Å². The molecule has 0 aliphatic rings. The summed E-state index contributed by atoms with van der Waals surface area (Å²) >= 11 is 0. The number of pyridine rings is 1. The summed E-state index contributed by atoms with van der Waals surface area (Å²) in [7, 11) is 0. The Morgan fingerprint density at radius 2 is 1.64 bits per heavy atom. The number of allylic oxidation sites excluding steroid dienone is 1. The van der Waals surface area contributed by atoms with Gasteiger partial charge in [-0.05, 0) is 73.6 Å². The first-order valence-corrected chi connectivity index (χ1v) is 11.9. The predicted molar refractivity (Wildman–Crippen MR) is 135 cm³/mol. The van der Waals surface area contributed by atoms with Crippen LogP contribution in [0, 0.1) is 5.82 Å². The molecule has 1 heterocycles. The molecule has 0 amide bonds. The monoisotopic (exact) mass is 447 g/mol. The van der Waals surface area contributed by atoms with Crippen LogP contribution in [0.2, 0.25) is 0 Å². The van der Waals surface area contributed by atoms with Crippen LogP contribution in [0.25, 0.3) is 28.3 Å². The lowest BCUT2D eigenvalue weighted by Crippen LogP contribution is -2.08. The van der Waals surface area contributed by atoms with Crippen LogP contribution in [-0.4, -0.2) is 22.8 Å². The number of nitrogens with zero attached hydrogens (tertiary/aromatic N) is 1. The van der Waals surface area contributed by atoms with E-state index in [4.69, 9.17) is 4.74 Å². The van der Waals surface area contributed by atoms with Gasteiger partial charge in [-0.25, -0.2) is 4.39 Å². The molecule has 1 unspecified atom stereocenters. The minimum Gasteiger partial charge on any atom is -0.505 e. The lowest BCUT2D eigenvalue weighted by Gasteiger charge is -2.11. The molecule has 0 fully saturated rings. The molecule has 4 heteroatoms. The average Bonchev–Trinajstić information content (AvgIpc) is 2.84. The van der Waals surface area contributed by atoms with Gasteiger partial charge in [0.2, 0.25) is 0 Å². The summed E-state index contributed by atoms with van der Waals surface area (Å²) in [5, 5.41) is 9.36. The Kier molecular flexibility index (Phi) is 9.64. The Morgan fingerprint density at radius 1 is 0.939 bits per heavy atom. The van der Waals surface area contributed by atoms with Crippen LogP contribution in [0.4, 0.5) is 4.39 Å². The van der Waals surface area contributed by atoms with Gasteiger partial charge in [-0.2, -0.15) is 0 Å². The summed E-state index contributed by atoms with van der Waals surface area (Å²) in [6.45, 7) is 5.24. The SMILES string of the molecule is CCCCCOC(C)CCCC=Cc1ccc(-c2ccc(-c3ccc(O)c(F)c3)cc2)cn1. The minimum absolute atomic E-state index is 0.326. The summed E-state index contributed by atoms with van der Waals surface area (Å²) in [5.41, 5.74) is 4.65. The third-order valence-electron chi connectivity index (χ3n) is 5.71. The van der Waals surface area contributed by atoms with Crippen molar-refractivity contribution in [3.63, 3.8) is 0 Å². The summed E-state index contributed by atoms with van der Waals surface area (Å²) < 4.78 is 19.5. The van der Waals surface area contributed by atoms with E-state index in [1.54, 1.807) is 6.07 Å². The summed E-state index contributed by atoms with van der Waals surface area (Å²) in [6.07, 6.45) is 13.3. The maximum atomic E-state index is 13.6. The first kappa shape index (κ1) is 24.7. The highest BCUT2D eigenvalue weighted by atomic mass is 19.1. The second kappa shape index (κ2) is 12.9. The second-order valence-electron chi connectivity index (χ2n) is 8.44. The van der Waals surface area contributed by atoms with Crippen LogP contribution in [0.1, 0.15) is 58.1 Å². The van der Waals surface area contributed by atoms with Gasteiger partial charge >= 0.3 is 0 Å². The largest absolute Gasteiger partial charge is 0.505 e. The van der Waals surface area contributed by atoms with E-state index < -0.39 is 5.82 Å². The van der Waals surface area contributed by atoms with Crippen molar-refractivity contribution in [1.29, 1.82) is 0 Å². The third kappa shape index (κ3) is 7.83. The van der Waals surface area contributed by atoms with Gasteiger partial charge in [-0.1, -0.05) is 62.2 Å². The molecule has 0 aliphatic heterocycles. The van der Waals surface area contributed by atoms with Crippen molar-refractivity contribution in [2.24, 2.45) is 0 Å². The number of phenolic OH excluding ortho intramolecular Hbond substituents is 1. The van der Waals surface area contributed by atoms with Gasteiger partial charge in [0.15, 0.2) is 11.6 Å². The summed E-state index contributed by atoms with van der Waals surface area (Å²) in [6, 6.07) is 16.4. The number of unbranched alkanes of at least 4 members (excludes halogenated alkanes) is 3. The number of hydrogen-bond acceptors (Lipinski definition) is 3. The first-order chi connectivity index (χ1) is 16.1. The Balaban J connectivity index is 1.47. The second-order valence-corrected chi connectivity index (χ2v) is 8.44. The Labute approximate surface area is 197 Å². The zero-order chi connectivity index (χ0) is 23.5. The first-order valence-electron chi connectivity index (χ1n) is 11.9. The van der Waals surface area contributed by atoms with Crippen molar-refractivity contribution in [1.82, 2.24) is 4.98 Å². The Bertz CT molecular complexity index is 1010. The number of phenols is 1. The molecule has 1 aromatic heterocycles. The molecule has 1 N–H and O–H groups in total. The van der Waals surface area contributed by atoms with Gasteiger partial charge in [0.25, 0.3) is 0 Å². The predicted octanol–water partition coefficient (Wildman–Crippen LogP) is 8.04. The quantitative estimate of drug-likeness (QED) is 0.286. The zero-order valence-corrected chi connectivity index (χ0v) is 19.6. The van der Waals surface area contributed by atoms with E-state index in [1.807, 2.05) is 36.5 Å². The van der Waals surface area contributed by atoms with Crippen LogP contribution < -0.4 is 0 Å². The molecule has 3 aromatic rings. The molecular formula is C29H34FNO2. The Morgan fingerprint density at radius 3 is 2.30 bits per heavy atom. The van der Waals surface area contributed by atoms with Gasteiger partial charge in [-0.3, -0.25) is 4.98 Å². The molecule has 3 rings (SSSR count). The molecule has 33 heavy (non-hydrogen) atoms. The Hall–Kier alpha value is -2.98. The molecule has 3 nitrogen and oxygen atoms in total. The van der Waals surface area contributed by atoms with Crippen molar-refractivity contribution in [3.05, 3.63) is 78.4 Å². The lowest BCUT2D eigenvalue weighted by molar-refractivity contribution is 0.0566. The molecule has 0 bridgehead atoms. The van der Waals surface area contributed by atoms with Crippen molar-refractivity contribution >= 4 is 6.08 Å². The highest BCUT2D eigenvalue weighted by molar-refractivity contribution is 5.70. The molecule has 0 saturated heterocycles. The zero-order valence-electron chi connectivity index (χ0n) is 19.6. The number of ether oxygens (including phenoxy) is 1. The molecule has 0 saturated carbocycles. The molecule has 2 aromatic carbocycles. The maximum Gasteiger partial charge on any atom is 0.165 e. The standard InChI is InChI=1S/C29H34FNO2/c1-3-4-8-19-33-22(2)9-6-5-7-10-27-17-15-26(21-31-27)24-13-11-23(12-14-24)25-16-18-29(32)28(30)20-25/h7,10-18,20-22,32H,3-6,8-9,19H2,1-2H3. The molecule has 0 spiro atoms. The van der Waals surface area contributed by atoms with Gasteiger partial charge in [-0.15, -0.1) is 0 Å². The highest BCUT2D eigenvalue weighted by Gasteiger charge is 2.05. The highest BCUT2D eigenvalue weighted by Crippen LogP contribution is 2.27. The number of rotatable bonds is 12. The molecule has 1 atom stereocenters. The van der Waals surface area contributed by atoms with Crippen molar-refractivity contribution in [3.8, 4) is 28.0 Å². The van der Waals surface area contributed by atoms with Gasteiger partial charge in [0, 0.05) is 18.4 Å². The van der Waals surface area contributed by atoms with Crippen LogP contribution in [0.3, 0.4) is 0 Å². The fraction of sp³-hybridized carbons (Fsp3) is 0.345. The molecule has 0 radical (unpaired) electrons. The number of halogens is 1. The van der Waals surface area contributed by atoms with Crippen LogP contribution in [-0.2, 0) is 4.74 Å². The average molecular weight is 448 g/mol.